The standard InChI is InChI=1S/C12H24N2O/c1-4-6-9-7-10(9)14-12(15)11(13)8(3)5-2/h8-11H,4-7,13H2,1-3H3,(H,14,15)/t8-,9?,10?,11-/m0/s1. The van der Waals surface area contributed by atoms with Crippen LogP contribution in [0, 0.1) is 11.8 Å². The Morgan fingerprint density at radius 1 is 1.53 bits per heavy atom. The van der Waals surface area contributed by atoms with E-state index in [2.05, 4.69) is 19.2 Å². The lowest BCUT2D eigenvalue weighted by Gasteiger charge is -2.17. The summed E-state index contributed by atoms with van der Waals surface area (Å²) in [5.41, 5.74) is 5.85. The van der Waals surface area contributed by atoms with Crippen LogP contribution >= 0.6 is 0 Å². The minimum atomic E-state index is -0.335. The highest BCUT2D eigenvalue weighted by Gasteiger charge is 2.38. The van der Waals surface area contributed by atoms with E-state index in [4.69, 9.17) is 5.73 Å². The van der Waals surface area contributed by atoms with Crippen molar-refractivity contribution in [1.82, 2.24) is 5.32 Å². The smallest absolute Gasteiger partial charge is 0.237 e. The van der Waals surface area contributed by atoms with E-state index in [0.717, 1.165) is 12.8 Å². The molecular formula is C12H24N2O. The number of carbonyl (C=O) groups is 1. The molecule has 1 aliphatic carbocycles. The summed E-state index contributed by atoms with van der Waals surface area (Å²) in [7, 11) is 0. The van der Waals surface area contributed by atoms with E-state index in [0.29, 0.717) is 12.0 Å². The monoisotopic (exact) mass is 212 g/mol. The van der Waals surface area contributed by atoms with Gasteiger partial charge in [-0.2, -0.15) is 0 Å². The third kappa shape index (κ3) is 3.49. The third-order valence-electron chi connectivity index (χ3n) is 3.47. The summed E-state index contributed by atoms with van der Waals surface area (Å²) in [5, 5.41) is 3.04. The van der Waals surface area contributed by atoms with Gasteiger partial charge in [-0.3, -0.25) is 4.79 Å². The predicted molar refractivity (Wildman–Crippen MR) is 62.4 cm³/mol. The van der Waals surface area contributed by atoms with E-state index in [1.54, 1.807) is 0 Å². The van der Waals surface area contributed by atoms with E-state index in [9.17, 15) is 4.79 Å². The second-order valence-corrected chi connectivity index (χ2v) is 4.81. The van der Waals surface area contributed by atoms with Gasteiger partial charge in [-0.15, -0.1) is 0 Å². The van der Waals surface area contributed by atoms with Crippen LogP contribution in [0.15, 0.2) is 0 Å². The Kier molecular flexibility index (Phi) is 4.58. The molecule has 15 heavy (non-hydrogen) atoms. The van der Waals surface area contributed by atoms with Crippen molar-refractivity contribution in [1.29, 1.82) is 0 Å². The molecule has 0 radical (unpaired) electrons. The molecule has 0 aromatic rings. The van der Waals surface area contributed by atoms with Crippen molar-refractivity contribution in [3.63, 3.8) is 0 Å². The van der Waals surface area contributed by atoms with Crippen LogP contribution in [0.3, 0.4) is 0 Å². The lowest BCUT2D eigenvalue weighted by Crippen LogP contribution is -2.45. The number of rotatable bonds is 6. The van der Waals surface area contributed by atoms with Gasteiger partial charge in [0, 0.05) is 6.04 Å². The molecule has 0 heterocycles. The molecule has 1 rings (SSSR count). The second kappa shape index (κ2) is 5.50. The molecule has 0 aliphatic heterocycles. The molecule has 1 amide bonds. The van der Waals surface area contributed by atoms with Gasteiger partial charge in [-0.05, 0) is 24.7 Å². The van der Waals surface area contributed by atoms with Gasteiger partial charge in [0.05, 0.1) is 6.04 Å². The van der Waals surface area contributed by atoms with Gasteiger partial charge in [0.15, 0.2) is 0 Å². The summed E-state index contributed by atoms with van der Waals surface area (Å²) < 4.78 is 0. The van der Waals surface area contributed by atoms with Crippen LogP contribution in [-0.4, -0.2) is 18.0 Å². The molecule has 2 unspecified atom stereocenters. The Morgan fingerprint density at radius 2 is 2.20 bits per heavy atom. The van der Waals surface area contributed by atoms with Gasteiger partial charge in [0.2, 0.25) is 5.91 Å². The molecule has 0 bridgehead atoms. The molecular weight excluding hydrogens is 188 g/mol. The predicted octanol–water partition coefficient (Wildman–Crippen LogP) is 1.66. The molecule has 88 valence electrons. The van der Waals surface area contributed by atoms with Crippen molar-refractivity contribution < 1.29 is 4.79 Å². The van der Waals surface area contributed by atoms with Crippen LogP contribution in [0.4, 0.5) is 0 Å². The maximum Gasteiger partial charge on any atom is 0.237 e. The van der Waals surface area contributed by atoms with Gasteiger partial charge in [-0.25, -0.2) is 0 Å². The quantitative estimate of drug-likeness (QED) is 0.703. The lowest BCUT2D eigenvalue weighted by atomic mass is 9.99. The van der Waals surface area contributed by atoms with Gasteiger partial charge in [0.25, 0.3) is 0 Å². The molecule has 1 saturated carbocycles. The first-order chi connectivity index (χ1) is 7.10. The van der Waals surface area contributed by atoms with E-state index in [-0.39, 0.29) is 17.9 Å². The van der Waals surface area contributed by atoms with Crippen LogP contribution in [0.2, 0.25) is 0 Å². The summed E-state index contributed by atoms with van der Waals surface area (Å²) in [6.45, 7) is 6.28. The topological polar surface area (TPSA) is 55.1 Å². The number of nitrogens with one attached hydrogen (secondary N) is 1. The zero-order valence-corrected chi connectivity index (χ0v) is 10.1. The van der Waals surface area contributed by atoms with E-state index < -0.39 is 0 Å². The minimum absolute atomic E-state index is 0.0351. The van der Waals surface area contributed by atoms with Crippen LogP contribution in [0.5, 0.6) is 0 Å². The second-order valence-electron chi connectivity index (χ2n) is 4.81. The van der Waals surface area contributed by atoms with Crippen LogP contribution in [0.1, 0.15) is 46.5 Å². The summed E-state index contributed by atoms with van der Waals surface area (Å²) in [5.74, 6) is 1.02. The fourth-order valence-electron chi connectivity index (χ4n) is 1.91. The maximum atomic E-state index is 11.7. The molecule has 0 spiro atoms. The number of carbonyl (C=O) groups excluding carboxylic acids is 1. The molecule has 3 N–H and O–H groups in total. The minimum Gasteiger partial charge on any atom is -0.352 e. The van der Waals surface area contributed by atoms with E-state index in [1.165, 1.54) is 12.8 Å². The molecule has 0 aromatic carbocycles. The number of amides is 1. The Labute approximate surface area is 92.8 Å². The fourth-order valence-corrected chi connectivity index (χ4v) is 1.91. The molecule has 4 atom stereocenters. The van der Waals surface area contributed by atoms with Crippen molar-refractivity contribution >= 4 is 5.91 Å². The zero-order chi connectivity index (χ0) is 11.4. The zero-order valence-electron chi connectivity index (χ0n) is 10.1. The average molecular weight is 212 g/mol. The van der Waals surface area contributed by atoms with Crippen molar-refractivity contribution in [2.45, 2.75) is 58.5 Å². The molecule has 0 aromatic heterocycles. The Hall–Kier alpha value is -0.570. The third-order valence-corrected chi connectivity index (χ3v) is 3.47. The first kappa shape index (κ1) is 12.5. The highest BCUT2D eigenvalue weighted by atomic mass is 16.2. The molecule has 3 heteroatoms. The first-order valence-corrected chi connectivity index (χ1v) is 6.16. The Bertz CT molecular complexity index is 218. The lowest BCUT2D eigenvalue weighted by molar-refractivity contribution is -0.123. The van der Waals surface area contributed by atoms with Gasteiger partial charge in [-0.1, -0.05) is 33.6 Å². The summed E-state index contributed by atoms with van der Waals surface area (Å²) >= 11 is 0. The largest absolute Gasteiger partial charge is 0.352 e. The summed E-state index contributed by atoms with van der Waals surface area (Å²) in [6, 6.07) is 0.0745. The average Bonchev–Trinajstić information content (AvgIpc) is 2.94. The van der Waals surface area contributed by atoms with Crippen molar-refractivity contribution in [3.8, 4) is 0 Å². The number of nitrogens with two attached hydrogens (primary N) is 1. The summed E-state index contributed by atoms with van der Waals surface area (Å²) in [6.07, 6.45) is 4.53. The highest BCUT2D eigenvalue weighted by Crippen LogP contribution is 2.34. The van der Waals surface area contributed by atoms with Gasteiger partial charge >= 0.3 is 0 Å². The van der Waals surface area contributed by atoms with Gasteiger partial charge < -0.3 is 11.1 Å². The number of hydrogen-bond acceptors (Lipinski definition) is 2. The SMILES string of the molecule is CCCC1CC1NC(=O)[C@@H](N)[C@@H](C)CC. The van der Waals surface area contributed by atoms with Crippen molar-refractivity contribution in [2.75, 3.05) is 0 Å². The van der Waals surface area contributed by atoms with Crippen LogP contribution in [0.25, 0.3) is 0 Å². The molecule has 3 nitrogen and oxygen atoms in total. The highest BCUT2D eigenvalue weighted by molar-refractivity contribution is 5.82. The van der Waals surface area contributed by atoms with Crippen molar-refractivity contribution in [3.05, 3.63) is 0 Å². The number of hydrogen-bond donors (Lipinski definition) is 2. The molecule has 1 aliphatic rings. The Morgan fingerprint density at radius 3 is 2.73 bits per heavy atom. The summed E-state index contributed by atoms with van der Waals surface area (Å²) in [4.78, 5) is 11.7. The first-order valence-electron chi connectivity index (χ1n) is 6.16. The maximum absolute atomic E-state index is 11.7. The molecule has 0 saturated heterocycles. The Balaban J connectivity index is 2.25. The van der Waals surface area contributed by atoms with E-state index in [1.807, 2.05) is 6.92 Å². The van der Waals surface area contributed by atoms with Crippen molar-refractivity contribution in [2.24, 2.45) is 17.6 Å². The fraction of sp³-hybridized carbons (Fsp3) is 0.917. The van der Waals surface area contributed by atoms with Crippen LogP contribution < -0.4 is 11.1 Å². The normalized spacial score (nSPS) is 28.3. The van der Waals surface area contributed by atoms with Crippen LogP contribution in [-0.2, 0) is 4.79 Å². The van der Waals surface area contributed by atoms with Gasteiger partial charge in [0.1, 0.15) is 0 Å². The van der Waals surface area contributed by atoms with E-state index >= 15 is 0 Å². The molecule has 1 fully saturated rings.